The molecule has 2 heterocycles. The van der Waals surface area contributed by atoms with E-state index in [0.717, 1.165) is 24.8 Å². The van der Waals surface area contributed by atoms with Gasteiger partial charge >= 0.3 is 0 Å². The number of hydrogen-bond donors (Lipinski definition) is 0. The summed E-state index contributed by atoms with van der Waals surface area (Å²) in [5, 5.41) is 0.621. The van der Waals surface area contributed by atoms with Crippen molar-refractivity contribution in [3.05, 3.63) is 70.7 Å². The minimum Gasteiger partial charge on any atom is -0.363 e. The molecular formula is C23H25ClN2O3. The van der Waals surface area contributed by atoms with Crippen LogP contribution in [0.15, 0.2) is 54.6 Å². The van der Waals surface area contributed by atoms with Crippen molar-refractivity contribution < 1.29 is 14.3 Å². The average molecular weight is 413 g/mol. The molecule has 0 N–H and O–H groups in total. The Hall–Kier alpha value is -2.37. The standard InChI is InChI=1S/C23H25ClN2O3/c24-20-9-7-19(8-10-20)22(28)25-13-4-11-23(12-14-25)17-26(21(27)16-29-23)15-18-5-2-1-3-6-18/h1-3,5-10H,4,11-17H2/t23-/m1/s1. The van der Waals surface area contributed by atoms with Gasteiger partial charge in [-0.25, -0.2) is 0 Å². The predicted molar refractivity (Wildman–Crippen MR) is 112 cm³/mol. The lowest BCUT2D eigenvalue weighted by atomic mass is 9.92. The molecule has 4 rings (SSSR count). The number of morpholine rings is 1. The molecule has 0 saturated carbocycles. The number of likely N-dealkylation sites (tertiary alicyclic amines) is 1. The van der Waals surface area contributed by atoms with E-state index in [4.69, 9.17) is 16.3 Å². The lowest BCUT2D eigenvalue weighted by Gasteiger charge is -2.42. The molecule has 2 aromatic rings. The van der Waals surface area contributed by atoms with Gasteiger partial charge < -0.3 is 14.5 Å². The minimum absolute atomic E-state index is 0.0201. The number of rotatable bonds is 3. The molecule has 0 bridgehead atoms. The maximum absolute atomic E-state index is 12.9. The molecule has 0 aromatic heterocycles. The number of halogens is 1. The Kier molecular flexibility index (Phi) is 5.88. The number of carbonyl (C=O) groups excluding carboxylic acids is 2. The highest BCUT2D eigenvalue weighted by Crippen LogP contribution is 2.31. The number of carbonyl (C=O) groups is 2. The van der Waals surface area contributed by atoms with Crippen LogP contribution in [-0.2, 0) is 16.1 Å². The second-order valence-corrected chi connectivity index (χ2v) is 8.30. The fourth-order valence-electron chi connectivity index (χ4n) is 4.18. The number of hydrogen-bond acceptors (Lipinski definition) is 3. The highest BCUT2D eigenvalue weighted by atomic mass is 35.5. The zero-order valence-corrected chi connectivity index (χ0v) is 17.1. The Morgan fingerprint density at radius 3 is 2.55 bits per heavy atom. The Bertz CT molecular complexity index is 871. The number of benzene rings is 2. The van der Waals surface area contributed by atoms with Crippen molar-refractivity contribution in [3.8, 4) is 0 Å². The van der Waals surface area contributed by atoms with Gasteiger partial charge in [-0.3, -0.25) is 9.59 Å². The summed E-state index contributed by atoms with van der Waals surface area (Å²) in [5.41, 5.74) is 1.39. The summed E-state index contributed by atoms with van der Waals surface area (Å²) < 4.78 is 6.07. The van der Waals surface area contributed by atoms with Gasteiger partial charge in [0, 0.05) is 30.2 Å². The summed E-state index contributed by atoms with van der Waals surface area (Å²) >= 11 is 5.94. The second-order valence-electron chi connectivity index (χ2n) is 7.86. The highest BCUT2D eigenvalue weighted by molar-refractivity contribution is 6.30. The molecule has 29 heavy (non-hydrogen) atoms. The maximum Gasteiger partial charge on any atom is 0.253 e. The first-order valence-corrected chi connectivity index (χ1v) is 10.4. The van der Waals surface area contributed by atoms with Crippen LogP contribution in [0, 0.1) is 0 Å². The normalized spacial score (nSPS) is 22.6. The van der Waals surface area contributed by atoms with Crippen molar-refractivity contribution in [1.29, 1.82) is 0 Å². The summed E-state index contributed by atoms with van der Waals surface area (Å²) in [6.07, 6.45) is 2.42. The minimum atomic E-state index is -0.377. The van der Waals surface area contributed by atoms with Crippen LogP contribution in [0.1, 0.15) is 35.2 Å². The van der Waals surface area contributed by atoms with Gasteiger partial charge in [0.15, 0.2) is 0 Å². The van der Waals surface area contributed by atoms with Crippen molar-refractivity contribution in [2.75, 3.05) is 26.2 Å². The second kappa shape index (κ2) is 8.56. The number of nitrogens with zero attached hydrogens (tertiary/aromatic N) is 2. The largest absolute Gasteiger partial charge is 0.363 e. The number of ether oxygens (including phenoxy) is 1. The van der Waals surface area contributed by atoms with E-state index in [2.05, 4.69) is 0 Å². The van der Waals surface area contributed by atoms with Crippen molar-refractivity contribution >= 4 is 23.4 Å². The van der Waals surface area contributed by atoms with Gasteiger partial charge in [-0.05, 0) is 49.1 Å². The lowest BCUT2D eigenvalue weighted by molar-refractivity contribution is -0.166. The van der Waals surface area contributed by atoms with E-state index in [1.54, 1.807) is 24.3 Å². The lowest BCUT2D eigenvalue weighted by Crippen LogP contribution is -2.54. The smallest absolute Gasteiger partial charge is 0.253 e. The molecule has 6 heteroatoms. The molecule has 2 aliphatic rings. The van der Waals surface area contributed by atoms with Gasteiger partial charge in [0.05, 0.1) is 12.1 Å². The highest BCUT2D eigenvalue weighted by Gasteiger charge is 2.41. The Morgan fingerprint density at radius 2 is 1.79 bits per heavy atom. The third-order valence-corrected chi connectivity index (χ3v) is 6.08. The molecule has 0 aliphatic carbocycles. The van der Waals surface area contributed by atoms with Gasteiger partial charge in [0.1, 0.15) is 6.61 Å². The monoisotopic (exact) mass is 412 g/mol. The van der Waals surface area contributed by atoms with Gasteiger partial charge in [-0.15, -0.1) is 0 Å². The fraction of sp³-hybridized carbons (Fsp3) is 0.391. The zero-order chi connectivity index (χ0) is 20.3. The first kappa shape index (κ1) is 19.9. The van der Waals surface area contributed by atoms with Crippen LogP contribution < -0.4 is 0 Å². The summed E-state index contributed by atoms with van der Waals surface area (Å²) in [7, 11) is 0. The van der Waals surface area contributed by atoms with E-state index in [-0.39, 0.29) is 24.0 Å². The van der Waals surface area contributed by atoms with Crippen molar-refractivity contribution in [3.63, 3.8) is 0 Å². The summed E-state index contributed by atoms with van der Waals surface area (Å²) in [6, 6.07) is 17.0. The summed E-state index contributed by atoms with van der Waals surface area (Å²) in [5.74, 6) is 0.0459. The SMILES string of the molecule is O=C1CO[C@@]2(CCCN(C(=O)c3ccc(Cl)cc3)CC2)CN1Cc1ccccc1. The molecule has 2 aliphatic heterocycles. The molecule has 1 spiro atoms. The van der Waals surface area contributed by atoms with Crippen LogP contribution in [0.4, 0.5) is 0 Å². The summed E-state index contributed by atoms with van der Waals surface area (Å²) in [6.45, 7) is 2.59. The Labute approximate surface area is 176 Å². The molecule has 0 radical (unpaired) electrons. The average Bonchev–Trinajstić information content (AvgIpc) is 2.94. The topological polar surface area (TPSA) is 49.9 Å². The maximum atomic E-state index is 12.9. The third-order valence-electron chi connectivity index (χ3n) is 5.83. The van der Waals surface area contributed by atoms with Gasteiger partial charge in [-0.2, -0.15) is 0 Å². The van der Waals surface area contributed by atoms with Crippen LogP contribution in [0.5, 0.6) is 0 Å². The Morgan fingerprint density at radius 1 is 1.03 bits per heavy atom. The van der Waals surface area contributed by atoms with Gasteiger partial charge in [0.2, 0.25) is 5.91 Å². The van der Waals surface area contributed by atoms with Crippen LogP contribution in [-0.4, -0.2) is 53.5 Å². The van der Waals surface area contributed by atoms with Crippen molar-refractivity contribution in [2.45, 2.75) is 31.4 Å². The van der Waals surface area contributed by atoms with E-state index in [1.807, 2.05) is 40.1 Å². The van der Waals surface area contributed by atoms with Crippen molar-refractivity contribution in [2.24, 2.45) is 0 Å². The van der Waals surface area contributed by atoms with E-state index in [0.29, 0.717) is 36.8 Å². The predicted octanol–water partition coefficient (Wildman–Crippen LogP) is 3.76. The molecule has 152 valence electrons. The number of amides is 2. The van der Waals surface area contributed by atoms with Gasteiger partial charge in [0.25, 0.3) is 5.91 Å². The molecular weight excluding hydrogens is 388 g/mol. The quantitative estimate of drug-likeness (QED) is 0.771. The first-order valence-electron chi connectivity index (χ1n) is 10.1. The van der Waals surface area contributed by atoms with Gasteiger partial charge in [-0.1, -0.05) is 41.9 Å². The molecule has 2 aromatic carbocycles. The zero-order valence-electron chi connectivity index (χ0n) is 16.4. The van der Waals surface area contributed by atoms with E-state index in [1.165, 1.54) is 0 Å². The van der Waals surface area contributed by atoms with Crippen molar-refractivity contribution in [1.82, 2.24) is 9.80 Å². The third kappa shape index (κ3) is 4.62. The molecule has 0 unspecified atom stereocenters. The van der Waals surface area contributed by atoms with Crippen LogP contribution >= 0.6 is 11.6 Å². The van der Waals surface area contributed by atoms with Crippen LogP contribution in [0.3, 0.4) is 0 Å². The Balaban J connectivity index is 1.43. The fourth-order valence-corrected chi connectivity index (χ4v) is 4.31. The van der Waals surface area contributed by atoms with E-state index >= 15 is 0 Å². The van der Waals surface area contributed by atoms with E-state index in [9.17, 15) is 9.59 Å². The first-order chi connectivity index (χ1) is 14.0. The van der Waals surface area contributed by atoms with Crippen LogP contribution in [0.25, 0.3) is 0 Å². The molecule has 2 amide bonds. The summed E-state index contributed by atoms with van der Waals surface area (Å²) in [4.78, 5) is 29.1. The molecule has 2 saturated heterocycles. The van der Waals surface area contributed by atoms with Crippen LogP contribution in [0.2, 0.25) is 5.02 Å². The van der Waals surface area contributed by atoms with E-state index < -0.39 is 0 Å². The molecule has 5 nitrogen and oxygen atoms in total. The molecule has 1 atom stereocenters. The molecule has 2 fully saturated rings.